The van der Waals surface area contributed by atoms with Gasteiger partial charge in [0.15, 0.2) is 0 Å². The molecule has 1 saturated carbocycles. The Morgan fingerprint density at radius 2 is 2.00 bits per heavy atom. The van der Waals surface area contributed by atoms with Gasteiger partial charge in [0.2, 0.25) is 5.91 Å². The summed E-state index contributed by atoms with van der Waals surface area (Å²) in [7, 11) is 1.36. The number of ether oxygens (including phenoxy) is 3. The number of methoxy groups -OCH3 is 1. The summed E-state index contributed by atoms with van der Waals surface area (Å²) in [6, 6.07) is 5.32. The Balaban J connectivity index is 1.60. The molecule has 0 aromatic heterocycles. The van der Waals surface area contributed by atoms with Crippen LogP contribution in [0.25, 0.3) is 0 Å². The highest BCUT2D eigenvalue weighted by atomic mass is 16.5. The molecule has 0 N–H and O–H groups in total. The lowest BCUT2D eigenvalue weighted by Gasteiger charge is -2.34. The van der Waals surface area contributed by atoms with Crippen molar-refractivity contribution in [1.82, 2.24) is 4.90 Å². The average Bonchev–Trinajstić information content (AvgIpc) is 3.47. The van der Waals surface area contributed by atoms with E-state index >= 15 is 0 Å². The number of carbonyl (C=O) groups excluding carboxylic acids is 2. The number of hydrogen-bond donors (Lipinski definition) is 0. The van der Waals surface area contributed by atoms with E-state index in [2.05, 4.69) is 0 Å². The fourth-order valence-electron chi connectivity index (χ4n) is 3.73. The highest BCUT2D eigenvalue weighted by molar-refractivity contribution is 5.90. The zero-order chi connectivity index (χ0) is 17.4. The quantitative estimate of drug-likeness (QED) is 0.769. The van der Waals surface area contributed by atoms with E-state index in [0.717, 1.165) is 31.2 Å². The Kier molecular flexibility index (Phi) is 4.15. The second-order valence-corrected chi connectivity index (χ2v) is 7.14. The minimum atomic E-state index is -0.382. The van der Waals surface area contributed by atoms with Crippen molar-refractivity contribution < 1.29 is 23.8 Å². The Morgan fingerprint density at radius 1 is 1.24 bits per heavy atom. The zero-order valence-corrected chi connectivity index (χ0v) is 14.5. The van der Waals surface area contributed by atoms with Crippen molar-refractivity contribution in [1.29, 1.82) is 0 Å². The van der Waals surface area contributed by atoms with Crippen LogP contribution >= 0.6 is 0 Å². The monoisotopic (exact) mass is 345 g/mol. The molecule has 25 heavy (non-hydrogen) atoms. The smallest absolute Gasteiger partial charge is 0.337 e. The van der Waals surface area contributed by atoms with E-state index < -0.39 is 0 Å². The van der Waals surface area contributed by atoms with Crippen LogP contribution in [-0.2, 0) is 20.8 Å². The molecule has 1 spiro atoms. The molecule has 0 radical (unpaired) electrons. The molecule has 2 fully saturated rings. The molecular formula is C19H23NO5. The van der Waals surface area contributed by atoms with Crippen molar-refractivity contribution in [3.05, 3.63) is 29.3 Å². The molecule has 3 aliphatic rings. The molecular weight excluding hydrogens is 322 g/mol. The summed E-state index contributed by atoms with van der Waals surface area (Å²) < 4.78 is 16.2. The maximum atomic E-state index is 13.1. The summed E-state index contributed by atoms with van der Waals surface area (Å²) in [5.74, 6) is 0.555. The second-order valence-electron chi connectivity index (χ2n) is 7.14. The van der Waals surface area contributed by atoms with Gasteiger partial charge in [-0.3, -0.25) is 4.79 Å². The lowest BCUT2D eigenvalue weighted by Crippen LogP contribution is -2.47. The molecule has 2 aliphatic heterocycles. The van der Waals surface area contributed by atoms with E-state index in [9.17, 15) is 9.59 Å². The van der Waals surface area contributed by atoms with Crippen LogP contribution in [0.5, 0.6) is 5.75 Å². The number of fused-ring (bicyclic) bond motifs is 1. The van der Waals surface area contributed by atoms with Crippen LogP contribution < -0.4 is 4.74 Å². The van der Waals surface area contributed by atoms with Gasteiger partial charge >= 0.3 is 5.97 Å². The first kappa shape index (κ1) is 16.4. The Labute approximate surface area is 147 Å². The van der Waals surface area contributed by atoms with Crippen LogP contribution in [0.2, 0.25) is 0 Å². The third-order valence-electron chi connectivity index (χ3n) is 5.55. The van der Waals surface area contributed by atoms with Gasteiger partial charge < -0.3 is 19.1 Å². The lowest BCUT2D eigenvalue weighted by molar-refractivity contribution is -0.143. The summed E-state index contributed by atoms with van der Waals surface area (Å²) in [6.45, 7) is 2.34. The topological polar surface area (TPSA) is 65.1 Å². The molecule has 0 atom stereocenters. The number of amides is 1. The average molecular weight is 345 g/mol. The summed E-state index contributed by atoms with van der Waals surface area (Å²) in [4.78, 5) is 26.9. The van der Waals surface area contributed by atoms with E-state index in [0.29, 0.717) is 37.7 Å². The maximum absolute atomic E-state index is 13.1. The van der Waals surface area contributed by atoms with Gasteiger partial charge in [-0.05, 0) is 37.8 Å². The van der Waals surface area contributed by atoms with Gasteiger partial charge in [-0.25, -0.2) is 4.79 Å². The SMILES string of the molecule is COC(=O)c1ccc2c(c1)OCC1(CC1)N(C(=O)C1CCOCC1)C2. The van der Waals surface area contributed by atoms with Crippen LogP contribution in [0.4, 0.5) is 0 Å². The zero-order valence-electron chi connectivity index (χ0n) is 14.5. The second kappa shape index (κ2) is 6.33. The molecule has 4 rings (SSSR count). The normalized spacial score (nSPS) is 21.9. The molecule has 1 aromatic rings. The largest absolute Gasteiger partial charge is 0.491 e. The number of nitrogens with zero attached hydrogens (tertiary/aromatic N) is 1. The van der Waals surface area contributed by atoms with Crippen molar-refractivity contribution in [2.45, 2.75) is 37.8 Å². The van der Waals surface area contributed by atoms with Gasteiger partial charge in [0.05, 0.1) is 24.8 Å². The number of hydrogen-bond acceptors (Lipinski definition) is 5. The van der Waals surface area contributed by atoms with Crippen molar-refractivity contribution in [3.8, 4) is 5.75 Å². The van der Waals surface area contributed by atoms with E-state index in [1.165, 1.54) is 7.11 Å². The molecule has 0 bridgehead atoms. The molecule has 6 heteroatoms. The molecule has 1 amide bonds. The van der Waals surface area contributed by atoms with E-state index in [1.807, 2.05) is 11.0 Å². The first-order valence-corrected chi connectivity index (χ1v) is 8.86. The standard InChI is InChI=1S/C19H23NO5/c1-23-18(22)14-2-3-15-11-20(17(21)13-4-8-24-9-5-13)19(6-7-19)12-25-16(15)10-14/h2-3,10,13H,4-9,11-12H2,1H3. The third-order valence-corrected chi connectivity index (χ3v) is 5.55. The van der Waals surface area contributed by atoms with E-state index in [1.54, 1.807) is 12.1 Å². The van der Waals surface area contributed by atoms with Gasteiger partial charge in [-0.1, -0.05) is 6.07 Å². The summed E-state index contributed by atoms with van der Waals surface area (Å²) in [6.07, 6.45) is 3.53. The molecule has 1 aliphatic carbocycles. The predicted octanol–water partition coefficient (Wildman–Crippen LogP) is 2.15. The number of esters is 1. The Morgan fingerprint density at radius 3 is 2.68 bits per heavy atom. The maximum Gasteiger partial charge on any atom is 0.337 e. The molecule has 6 nitrogen and oxygen atoms in total. The minimum Gasteiger partial charge on any atom is -0.491 e. The fourth-order valence-corrected chi connectivity index (χ4v) is 3.73. The van der Waals surface area contributed by atoms with E-state index in [-0.39, 0.29) is 23.3 Å². The van der Waals surface area contributed by atoms with Crippen molar-refractivity contribution in [2.24, 2.45) is 5.92 Å². The van der Waals surface area contributed by atoms with Gasteiger partial charge in [-0.15, -0.1) is 0 Å². The van der Waals surface area contributed by atoms with Gasteiger partial charge in [0.25, 0.3) is 0 Å². The molecule has 0 unspecified atom stereocenters. The van der Waals surface area contributed by atoms with Gasteiger partial charge in [0, 0.05) is 24.7 Å². The van der Waals surface area contributed by atoms with Crippen molar-refractivity contribution >= 4 is 11.9 Å². The highest BCUT2D eigenvalue weighted by Gasteiger charge is 2.53. The minimum absolute atomic E-state index is 0.0436. The number of rotatable bonds is 2. The van der Waals surface area contributed by atoms with Crippen LogP contribution in [-0.4, -0.2) is 49.2 Å². The number of carbonyl (C=O) groups is 2. The highest BCUT2D eigenvalue weighted by Crippen LogP contribution is 2.46. The summed E-state index contributed by atoms with van der Waals surface area (Å²) in [5, 5.41) is 0. The van der Waals surface area contributed by atoms with Gasteiger partial charge in [-0.2, -0.15) is 0 Å². The lowest BCUT2D eigenvalue weighted by atomic mass is 9.97. The molecule has 2 heterocycles. The molecule has 1 aromatic carbocycles. The van der Waals surface area contributed by atoms with Crippen LogP contribution in [0, 0.1) is 5.92 Å². The van der Waals surface area contributed by atoms with Crippen LogP contribution in [0.15, 0.2) is 18.2 Å². The van der Waals surface area contributed by atoms with Crippen LogP contribution in [0.3, 0.4) is 0 Å². The first-order valence-electron chi connectivity index (χ1n) is 8.86. The van der Waals surface area contributed by atoms with Crippen molar-refractivity contribution in [3.63, 3.8) is 0 Å². The Hall–Kier alpha value is -2.08. The third kappa shape index (κ3) is 2.99. The van der Waals surface area contributed by atoms with Gasteiger partial charge in [0.1, 0.15) is 12.4 Å². The summed E-state index contributed by atoms with van der Waals surface area (Å²) in [5.41, 5.74) is 1.23. The summed E-state index contributed by atoms with van der Waals surface area (Å²) >= 11 is 0. The first-order chi connectivity index (χ1) is 12.1. The molecule has 1 saturated heterocycles. The molecule has 134 valence electrons. The van der Waals surface area contributed by atoms with Crippen molar-refractivity contribution in [2.75, 3.05) is 26.9 Å². The fraction of sp³-hybridized carbons (Fsp3) is 0.579. The Bertz CT molecular complexity index is 691. The number of benzene rings is 1. The predicted molar refractivity (Wildman–Crippen MR) is 89.3 cm³/mol. The van der Waals surface area contributed by atoms with E-state index in [4.69, 9.17) is 14.2 Å². The van der Waals surface area contributed by atoms with Crippen LogP contribution in [0.1, 0.15) is 41.6 Å².